The van der Waals surface area contributed by atoms with Crippen molar-refractivity contribution in [3.8, 4) is 0 Å². The Hall–Kier alpha value is -2.13. The minimum Gasteiger partial charge on any atom is -0.357 e. The van der Waals surface area contributed by atoms with Crippen LogP contribution in [0.5, 0.6) is 0 Å². The number of nitrogens with zero attached hydrogens (tertiary/aromatic N) is 4. The van der Waals surface area contributed by atoms with Gasteiger partial charge < -0.3 is 15.2 Å². The molecule has 0 amide bonds. The van der Waals surface area contributed by atoms with Crippen LogP contribution in [-0.2, 0) is 13.6 Å². The molecule has 0 saturated carbocycles. The standard InChI is InChI=1S/C24H32N6.HI/c1-3-25-24(27-18-23-28-20-13-7-8-14-21(20)29(23)2)26-17-22(30-15-9-10-16-30)19-11-5-4-6-12-19;/h4-8,11-14,22H,3,9-10,15-18H2,1-2H3,(H2,25,26,27);1H. The molecule has 2 aromatic carbocycles. The maximum atomic E-state index is 4.82. The summed E-state index contributed by atoms with van der Waals surface area (Å²) in [5.41, 5.74) is 3.51. The van der Waals surface area contributed by atoms with Gasteiger partial charge in [0.2, 0.25) is 0 Å². The van der Waals surface area contributed by atoms with Crippen LogP contribution in [0.2, 0.25) is 0 Å². The number of hydrogen-bond acceptors (Lipinski definition) is 3. The van der Waals surface area contributed by atoms with Crippen molar-refractivity contribution in [1.29, 1.82) is 0 Å². The third-order valence-electron chi connectivity index (χ3n) is 5.83. The fourth-order valence-corrected chi connectivity index (χ4v) is 4.21. The highest BCUT2D eigenvalue weighted by Crippen LogP contribution is 2.24. The SMILES string of the molecule is CCNC(=NCc1nc2ccccc2n1C)NCC(c1ccccc1)N1CCCC1.I. The number of nitrogens with one attached hydrogen (secondary N) is 2. The highest BCUT2D eigenvalue weighted by Gasteiger charge is 2.23. The summed E-state index contributed by atoms with van der Waals surface area (Å²) in [7, 11) is 2.05. The molecular weight excluding hydrogens is 499 g/mol. The second-order valence-corrected chi connectivity index (χ2v) is 7.82. The molecule has 6 nitrogen and oxygen atoms in total. The monoisotopic (exact) mass is 532 g/mol. The van der Waals surface area contributed by atoms with Gasteiger partial charge in [0.1, 0.15) is 12.4 Å². The number of benzene rings is 2. The molecule has 1 saturated heterocycles. The summed E-state index contributed by atoms with van der Waals surface area (Å²) in [5.74, 6) is 1.80. The summed E-state index contributed by atoms with van der Waals surface area (Å²) in [4.78, 5) is 12.1. The van der Waals surface area contributed by atoms with Crippen molar-refractivity contribution >= 4 is 41.0 Å². The quantitative estimate of drug-likeness (QED) is 0.274. The van der Waals surface area contributed by atoms with Crippen LogP contribution >= 0.6 is 24.0 Å². The minimum absolute atomic E-state index is 0. The molecule has 1 unspecified atom stereocenters. The topological polar surface area (TPSA) is 57.5 Å². The first-order valence-electron chi connectivity index (χ1n) is 11.0. The van der Waals surface area contributed by atoms with Crippen molar-refractivity contribution in [2.45, 2.75) is 32.4 Å². The maximum Gasteiger partial charge on any atom is 0.191 e. The Balaban J connectivity index is 0.00000272. The molecule has 1 fully saturated rings. The fourth-order valence-electron chi connectivity index (χ4n) is 4.21. The lowest BCUT2D eigenvalue weighted by molar-refractivity contribution is 0.245. The number of rotatable bonds is 7. The third kappa shape index (κ3) is 5.77. The lowest BCUT2D eigenvalue weighted by Gasteiger charge is -2.29. The molecular formula is C24H33IN6. The van der Waals surface area contributed by atoms with Crippen molar-refractivity contribution in [3.05, 3.63) is 66.0 Å². The molecule has 166 valence electrons. The molecule has 1 aliphatic heterocycles. The van der Waals surface area contributed by atoms with E-state index in [9.17, 15) is 0 Å². The summed E-state index contributed by atoms with van der Waals surface area (Å²) in [6.07, 6.45) is 2.56. The smallest absolute Gasteiger partial charge is 0.191 e. The van der Waals surface area contributed by atoms with E-state index in [1.165, 1.54) is 18.4 Å². The van der Waals surface area contributed by atoms with E-state index >= 15 is 0 Å². The van der Waals surface area contributed by atoms with Gasteiger partial charge in [-0.2, -0.15) is 0 Å². The van der Waals surface area contributed by atoms with Gasteiger partial charge in [-0.1, -0.05) is 42.5 Å². The molecule has 7 heteroatoms. The maximum absolute atomic E-state index is 4.82. The van der Waals surface area contributed by atoms with Crippen LogP contribution in [0.25, 0.3) is 11.0 Å². The lowest BCUT2D eigenvalue weighted by Crippen LogP contribution is -2.42. The molecule has 1 aromatic heterocycles. The van der Waals surface area contributed by atoms with Gasteiger partial charge in [-0.3, -0.25) is 4.90 Å². The number of guanidine groups is 1. The van der Waals surface area contributed by atoms with Gasteiger partial charge in [0.25, 0.3) is 0 Å². The lowest BCUT2D eigenvalue weighted by atomic mass is 10.1. The van der Waals surface area contributed by atoms with Crippen LogP contribution < -0.4 is 10.6 Å². The Morgan fingerprint density at radius 3 is 2.45 bits per heavy atom. The Morgan fingerprint density at radius 2 is 1.74 bits per heavy atom. The molecule has 3 aromatic rings. The molecule has 0 aliphatic carbocycles. The van der Waals surface area contributed by atoms with Gasteiger partial charge in [-0.15, -0.1) is 24.0 Å². The summed E-state index contributed by atoms with van der Waals surface area (Å²) in [6, 6.07) is 19.4. The Labute approximate surface area is 202 Å². The zero-order valence-electron chi connectivity index (χ0n) is 18.4. The van der Waals surface area contributed by atoms with E-state index in [1.54, 1.807) is 0 Å². The van der Waals surface area contributed by atoms with Crippen molar-refractivity contribution in [2.24, 2.45) is 12.0 Å². The van der Waals surface area contributed by atoms with Crippen molar-refractivity contribution in [2.75, 3.05) is 26.2 Å². The molecule has 0 bridgehead atoms. The molecule has 31 heavy (non-hydrogen) atoms. The number of hydrogen-bond donors (Lipinski definition) is 2. The Bertz CT molecular complexity index is 978. The van der Waals surface area contributed by atoms with Gasteiger partial charge in [0.15, 0.2) is 5.96 Å². The van der Waals surface area contributed by atoms with E-state index < -0.39 is 0 Å². The van der Waals surface area contributed by atoms with E-state index in [4.69, 9.17) is 9.98 Å². The number of fused-ring (bicyclic) bond motifs is 1. The highest BCUT2D eigenvalue weighted by atomic mass is 127. The molecule has 2 heterocycles. The predicted octanol–water partition coefficient (Wildman–Crippen LogP) is 4.08. The fraction of sp³-hybridized carbons (Fsp3) is 0.417. The average molecular weight is 532 g/mol. The van der Waals surface area contributed by atoms with Gasteiger partial charge >= 0.3 is 0 Å². The van der Waals surface area contributed by atoms with E-state index in [-0.39, 0.29) is 24.0 Å². The molecule has 0 radical (unpaired) electrons. The summed E-state index contributed by atoms with van der Waals surface area (Å²) < 4.78 is 2.12. The van der Waals surface area contributed by atoms with Crippen LogP contribution in [0.3, 0.4) is 0 Å². The first-order chi connectivity index (χ1) is 14.8. The van der Waals surface area contributed by atoms with E-state index in [0.29, 0.717) is 12.6 Å². The number of halogens is 1. The van der Waals surface area contributed by atoms with Crippen molar-refractivity contribution in [3.63, 3.8) is 0 Å². The number of aliphatic imine (C=N–C) groups is 1. The van der Waals surface area contributed by atoms with E-state index in [1.807, 2.05) is 18.2 Å². The van der Waals surface area contributed by atoms with Crippen molar-refractivity contribution in [1.82, 2.24) is 25.1 Å². The molecule has 1 aliphatic rings. The normalized spacial score (nSPS) is 15.6. The Morgan fingerprint density at radius 1 is 1.03 bits per heavy atom. The number of para-hydroxylation sites is 2. The number of aromatic nitrogens is 2. The number of aryl methyl sites for hydroxylation is 1. The van der Waals surface area contributed by atoms with Crippen LogP contribution in [0.15, 0.2) is 59.6 Å². The third-order valence-corrected chi connectivity index (χ3v) is 5.83. The zero-order valence-corrected chi connectivity index (χ0v) is 20.8. The molecule has 2 N–H and O–H groups in total. The van der Waals surface area contributed by atoms with Crippen LogP contribution in [0.4, 0.5) is 0 Å². The molecule has 1 atom stereocenters. The summed E-state index contributed by atoms with van der Waals surface area (Å²) >= 11 is 0. The largest absolute Gasteiger partial charge is 0.357 e. The van der Waals surface area contributed by atoms with E-state index in [0.717, 1.165) is 49.0 Å². The van der Waals surface area contributed by atoms with Gasteiger partial charge in [0.05, 0.1) is 17.1 Å². The predicted molar refractivity (Wildman–Crippen MR) is 139 cm³/mol. The summed E-state index contributed by atoms with van der Waals surface area (Å²) in [5, 5.41) is 6.97. The van der Waals surface area contributed by atoms with Gasteiger partial charge in [0, 0.05) is 20.1 Å². The molecule has 4 rings (SSSR count). The van der Waals surface area contributed by atoms with Gasteiger partial charge in [-0.25, -0.2) is 9.98 Å². The highest BCUT2D eigenvalue weighted by molar-refractivity contribution is 14.0. The van der Waals surface area contributed by atoms with Gasteiger partial charge in [-0.05, 0) is 50.6 Å². The number of likely N-dealkylation sites (tertiary alicyclic amines) is 1. The van der Waals surface area contributed by atoms with Crippen LogP contribution in [0.1, 0.15) is 37.2 Å². The zero-order chi connectivity index (χ0) is 20.8. The van der Waals surface area contributed by atoms with Crippen LogP contribution in [-0.4, -0.2) is 46.6 Å². The second-order valence-electron chi connectivity index (χ2n) is 7.82. The minimum atomic E-state index is 0. The van der Waals surface area contributed by atoms with Crippen molar-refractivity contribution < 1.29 is 0 Å². The first-order valence-corrected chi connectivity index (χ1v) is 11.0. The number of imidazole rings is 1. The first kappa shape index (κ1) is 23.5. The second kappa shape index (κ2) is 11.5. The van der Waals surface area contributed by atoms with Crippen LogP contribution in [0, 0.1) is 0 Å². The van der Waals surface area contributed by atoms with E-state index in [2.05, 4.69) is 70.5 Å². The average Bonchev–Trinajstić information content (AvgIpc) is 3.42. The molecule has 0 spiro atoms. The Kier molecular flexibility index (Phi) is 8.71. The summed E-state index contributed by atoms with van der Waals surface area (Å²) in [6.45, 7) is 6.62.